The molecule has 0 amide bonds. The first kappa shape index (κ1) is 9.21. The number of hydrogen-bond acceptors (Lipinski definition) is 2. The molecule has 72 valence electrons. The summed E-state index contributed by atoms with van der Waals surface area (Å²) in [6.07, 6.45) is 4.57. The standard InChI is InChI=1S/C11H10O2S/c1-7-2-3-10-8(4-5-14-10)6-9(7)11(12)13/h3-6H,2H2,1H3,(H,12,13). The lowest BCUT2D eigenvalue weighted by atomic mass is 10.1. The monoisotopic (exact) mass is 206 g/mol. The van der Waals surface area contributed by atoms with E-state index >= 15 is 0 Å². The molecular formula is C11H10O2S. The Morgan fingerprint density at radius 3 is 3.07 bits per heavy atom. The minimum Gasteiger partial charge on any atom is -0.478 e. The number of hydrogen-bond donors (Lipinski definition) is 1. The van der Waals surface area contributed by atoms with Gasteiger partial charge in [0.25, 0.3) is 0 Å². The Balaban J connectivity index is 2.69. The maximum Gasteiger partial charge on any atom is 0.335 e. The van der Waals surface area contributed by atoms with Gasteiger partial charge in [0.1, 0.15) is 0 Å². The lowest BCUT2D eigenvalue weighted by Crippen LogP contribution is -2.17. The topological polar surface area (TPSA) is 37.3 Å². The van der Waals surface area contributed by atoms with E-state index in [1.165, 1.54) is 4.53 Å². The van der Waals surface area contributed by atoms with Gasteiger partial charge < -0.3 is 5.11 Å². The van der Waals surface area contributed by atoms with Gasteiger partial charge in [0, 0.05) is 4.53 Å². The van der Waals surface area contributed by atoms with E-state index in [0.717, 1.165) is 17.2 Å². The Labute approximate surface area is 85.5 Å². The summed E-state index contributed by atoms with van der Waals surface area (Å²) in [5.41, 5.74) is 1.35. The summed E-state index contributed by atoms with van der Waals surface area (Å²) in [4.78, 5) is 10.9. The quantitative estimate of drug-likeness (QED) is 0.747. The molecule has 1 aliphatic carbocycles. The van der Waals surface area contributed by atoms with Crippen molar-refractivity contribution in [1.29, 1.82) is 0 Å². The van der Waals surface area contributed by atoms with Crippen LogP contribution in [0.5, 0.6) is 0 Å². The number of thiophene rings is 1. The Hall–Kier alpha value is -1.35. The van der Waals surface area contributed by atoms with Crippen LogP contribution in [-0.2, 0) is 4.79 Å². The molecule has 0 aliphatic heterocycles. The van der Waals surface area contributed by atoms with Gasteiger partial charge in [-0.15, -0.1) is 11.3 Å². The van der Waals surface area contributed by atoms with E-state index < -0.39 is 5.97 Å². The third kappa shape index (κ3) is 1.51. The molecule has 1 heterocycles. The van der Waals surface area contributed by atoms with Crippen molar-refractivity contribution in [2.45, 2.75) is 13.3 Å². The van der Waals surface area contributed by atoms with Crippen molar-refractivity contribution in [2.24, 2.45) is 0 Å². The number of rotatable bonds is 1. The van der Waals surface area contributed by atoms with Gasteiger partial charge in [-0.2, -0.15) is 0 Å². The van der Waals surface area contributed by atoms with E-state index in [1.54, 1.807) is 17.4 Å². The van der Waals surface area contributed by atoms with E-state index in [2.05, 4.69) is 6.08 Å². The Kier molecular flexibility index (Phi) is 2.25. The first-order valence-electron chi connectivity index (χ1n) is 4.37. The molecule has 0 atom stereocenters. The normalized spacial score (nSPS) is 15.2. The molecule has 2 nitrogen and oxygen atoms in total. The van der Waals surface area contributed by atoms with Crippen molar-refractivity contribution >= 4 is 29.5 Å². The van der Waals surface area contributed by atoms with E-state index in [0.29, 0.717) is 5.57 Å². The van der Waals surface area contributed by atoms with Gasteiger partial charge in [0.15, 0.2) is 0 Å². The van der Waals surface area contributed by atoms with Crippen molar-refractivity contribution in [3.8, 4) is 0 Å². The van der Waals surface area contributed by atoms with Crippen LogP contribution < -0.4 is 9.75 Å². The van der Waals surface area contributed by atoms with Crippen molar-refractivity contribution < 1.29 is 9.90 Å². The van der Waals surface area contributed by atoms with Gasteiger partial charge in [-0.3, -0.25) is 0 Å². The zero-order chi connectivity index (χ0) is 10.1. The van der Waals surface area contributed by atoms with Gasteiger partial charge in [0.2, 0.25) is 0 Å². The maximum absolute atomic E-state index is 10.9. The fourth-order valence-electron chi connectivity index (χ4n) is 1.49. The second-order valence-electron chi connectivity index (χ2n) is 3.29. The first-order valence-corrected chi connectivity index (χ1v) is 5.25. The van der Waals surface area contributed by atoms with E-state index in [-0.39, 0.29) is 0 Å². The highest BCUT2D eigenvalue weighted by molar-refractivity contribution is 7.07. The minimum atomic E-state index is -0.838. The zero-order valence-corrected chi connectivity index (χ0v) is 8.60. The fourth-order valence-corrected chi connectivity index (χ4v) is 2.30. The van der Waals surface area contributed by atoms with Crippen LogP contribution in [0, 0.1) is 0 Å². The first-order chi connectivity index (χ1) is 6.68. The average molecular weight is 206 g/mol. The van der Waals surface area contributed by atoms with Crippen molar-refractivity contribution in [1.82, 2.24) is 0 Å². The van der Waals surface area contributed by atoms with Crippen LogP contribution >= 0.6 is 11.3 Å². The zero-order valence-electron chi connectivity index (χ0n) is 7.78. The molecule has 0 fully saturated rings. The fraction of sp³-hybridized carbons (Fsp3) is 0.182. The number of fused-ring (bicyclic) bond motifs is 1. The smallest absolute Gasteiger partial charge is 0.335 e. The largest absolute Gasteiger partial charge is 0.478 e. The third-order valence-corrected chi connectivity index (χ3v) is 3.24. The van der Waals surface area contributed by atoms with E-state index in [9.17, 15) is 4.79 Å². The molecule has 0 bridgehead atoms. The van der Waals surface area contributed by atoms with Crippen LogP contribution in [-0.4, -0.2) is 11.1 Å². The van der Waals surface area contributed by atoms with Crippen LogP contribution in [0.2, 0.25) is 0 Å². The average Bonchev–Trinajstić information content (AvgIpc) is 2.51. The second-order valence-corrected chi connectivity index (χ2v) is 4.24. The van der Waals surface area contributed by atoms with Gasteiger partial charge >= 0.3 is 5.97 Å². The number of carboxylic acid groups (broad SMARTS) is 1. The summed E-state index contributed by atoms with van der Waals surface area (Å²) in [6.45, 7) is 1.87. The molecule has 1 aromatic heterocycles. The van der Waals surface area contributed by atoms with Crippen molar-refractivity contribution in [2.75, 3.05) is 0 Å². The lowest BCUT2D eigenvalue weighted by Gasteiger charge is -1.98. The molecule has 0 saturated carbocycles. The molecule has 0 aromatic carbocycles. The molecule has 14 heavy (non-hydrogen) atoms. The SMILES string of the molecule is CC1=C(C(=O)O)C=c2ccsc2=CC1. The summed E-state index contributed by atoms with van der Waals surface area (Å²) in [5, 5.41) is 12.0. The highest BCUT2D eigenvalue weighted by atomic mass is 32.1. The lowest BCUT2D eigenvalue weighted by molar-refractivity contribution is -0.132. The summed E-state index contributed by atoms with van der Waals surface area (Å²) < 4.78 is 1.17. The molecular weight excluding hydrogens is 196 g/mol. The molecule has 1 aromatic rings. The van der Waals surface area contributed by atoms with Crippen LogP contribution in [0.1, 0.15) is 13.3 Å². The highest BCUT2D eigenvalue weighted by Gasteiger charge is 2.09. The number of aliphatic carboxylic acids is 1. The summed E-state index contributed by atoms with van der Waals surface area (Å²) in [6, 6.07) is 1.96. The number of carboxylic acids is 1. The Morgan fingerprint density at radius 1 is 1.57 bits per heavy atom. The van der Waals surface area contributed by atoms with E-state index in [4.69, 9.17) is 5.11 Å². The van der Waals surface area contributed by atoms with Gasteiger partial charge in [0.05, 0.1) is 5.57 Å². The van der Waals surface area contributed by atoms with Crippen LogP contribution in [0.4, 0.5) is 0 Å². The van der Waals surface area contributed by atoms with Gasteiger partial charge in [-0.05, 0) is 36.1 Å². The molecule has 3 heteroatoms. The maximum atomic E-state index is 10.9. The summed E-state index contributed by atoms with van der Waals surface area (Å²) in [7, 11) is 0. The molecule has 2 rings (SSSR count). The van der Waals surface area contributed by atoms with Crippen molar-refractivity contribution in [3.63, 3.8) is 0 Å². The molecule has 0 spiro atoms. The van der Waals surface area contributed by atoms with Gasteiger partial charge in [-0.25, -0.2) is 4.79 Å². The van der Waals surface area contributed by atoms with Crippen LogP contribution in [0.25, 0.3) is 12.2 Å². The van der Waals surface area contributed by atoms with Crippen molar-refractivity contribution in [3.05, 3.63) is 32.3 Å². The van der Waals surface area contributed by atoms with Gasteiger partial charge in [-0.1, -0.05) is 11.6 Å². The molecule has 0 radical (unpaired) electrons. The predicted octanol–water partition coefficient (Wildman–Crippen LogP) is 1.11. The highest BCUT2D eigenvalue weighted by Crippen LogP contribution is 2.12. The van der Waals surface area contributed by atoms with Crippen LogP contribution in [0.15, 0.2) is 22.6 Å². The minimum absolute atomic E-state index is 0.429. The predicted molar refractivity (Wildman–Crippen MR) is 57.5 cm³/mol. The number of carbonyl (C=O) groups is 1. The summed E-state index contributed by atoms with van der Waals surface area (Å²) in [5.74, 6) is -0.838. The molecule has 0 unspecified atom stereocenters. The second kappa shape index (κ2) is 3.42. The van der Waals surface area contributed by atoms with Crippen LogP contribution in [0.3, 0.4) is 0 Å². The van der Waals surface area contributed by atoms with E-state index in [1.807, 2.05) is 18.4 Å². The Morgan fingerprint density at radius 2 is 2.36 bits per heavy atom. The molecule has 0 saturated heterocycles. The molecule has 1 N–H and O–H groups in total. The molecule has 1 aliphatic rings. The summed E-state index contributed by atoms with van der Waals surface area (Å²) >= 11 is 1.65. The number of allylic oxidation sites excluding steroid dienone is 1. The third-order valence-electron chi connectivity index (χ3n) is 2.31. The Bertz CT molecular complexity index is 520.